The Morgan fingerprint density at radius 2 is 1.81 bits per heavy atom. The minimum Gasteiger partial charge on any atom is -0.480 e. The van der Waals surface area contributed by atoms with Gasteiger partial charge in [-0.05, 0) is 36.4 Å². The van der Waals surface area contributed by atoms with Crippen molar-refractivity contribution in [2.45, 2.75) is 0 Å². The zero-order chi connectivity index (χ0) is 17.9. The molecule has 26 heavy (non-hydrogen) atoms. The molecule has 1 aliphatic heterocycles. The van der Waals surface area contributed by atoms with E-state index in [1.165, 1.54) is 0 Å². The molecule has 7 nitrogen and oxygen atoms in total. The van der Waals surface area contributed by atoms with Gasteiger partial charge in [0.05, 0.1) is 12.8 Å². The average molecular weight is 349 g/mol. The summed E-state index contributed by atoms with van der Waals surface area (Å²) in [5.41, 5.74) is 2.79. The number of amides is 1. The summed E-state index contributed by atoms with van der Waals surface area (Å²) >= 11 is 0. The van der Waals surface area contributed by atoms with E-state index in [2.05, 4.69) is 15.5 Å². The molecular weight excluding hydrogens is 334 g/mol. The van der Waals surface area contributed by atoms with Crippen LogP contribution < -0.4 is 19.5 Å². The Morgan fingerprint density at radius 1 is 1.00 bits per heavy atom. The van der Waals surface area contributed by atoms with Crippen molar-refractivity contribution in [2.75, 3.05) is 19.2 Å². The maximum absolute atomic E-state index is 12.4. The lowest BCUT2D eigenvalue weighted by atomic mass is 10.1. The van der Waals surface area contributed by atoms with Crippen molar-refractivity contribution in [3.8, 4) is 28.6 Å². The molecular formula is C19H15N3O4. The third-order valence-corrected chi connectivity index (χ3v) is 3.92. The third kappa shape index (κ3) is 3.14. The lowest BCUT2D eigenvalue weighted by Gasteiger charge is -2.07. The van der Waals surface area contributed by atoms with Gasteiger partial charge in [-0.25, -0.2) is 0 Å². The highest BCUT2D eigenvalue weighted by Crippen LogP contribution is 2.32. The first-order valence-electron chi connectivity index (χ1n) is 7.92. The number of carbonyl (C=O) groups excluding carboxylic acids is 1. The first-order chi connectivity index (χ1) is 12.7. The van der Waals surface area contributed by atoms with Gasteiger partial charge in [0.15, 0.2) is 11.5 Å². The van der Waals surface area contributed by atoms with Gasteiger partial charge < -0.3 is 19.5 Å². The Morgan fingerprint density at radius 3 is 2.54 bits per heavy atom. The highest BCUT2D eigenvalue weighted by Gasteiger charge is 2.16. The van der Waals surface area contributed by atoms with E-state index in [9.17, 15) is 4.79 Å². The fourth-order valence-corrected chi connectivity index (χ4v) is 2.55. The van der Waals surface area contributed by atoms with Crippen molar-refractivity contribution < 1.29 is 19.0 Å². The highest BCUT2D eigenvalue weighted by molar-refractivity contribution is 6.04. The van der Waals surface area contributed by atoms with Crippen LogP contribution in [-0.2, 0) is 0 Å². The lowest BCUT2D eigenvalue weighted by Crippen LogP contribution is -2.11. The van der Waals surface area contributed by atoms with E-state index in [0.29, 0.717) is 28.6 Å². The first-order valence-corrected chi connectivity index (χ1v) is 7.92. The number of hydrogen-bond acceptors (Lipinski definition) is 6. The number of nitrogens with one attached hydrogen (secondary N) is 1. The Bertz CT molecular complexity index is 940. The molecule has 3 aromatic rings. The fraction of sp³-hybridized carbons (Fsp3) is 0.105. The fourth-order valence-electron chi connectivity index (χ4n) is 2.55. The molecule has 0 atom stereocenters. The second-order valence-corrected chi connectivity index (χ2v) is 5.56. The Hall–Kier alpha value is -3.61. The lowest BCUT2D eigenvalue weighted by molar-refractivity contribution is 0.102. The van der Waals surface area contributed by atoms with Crippen LogP contribution in [0.25, 0.3) is 11.3 Å². The summed E-state index contributed by atoms with van der Waals surface area (Å²) in [4.78, 5) is 12.4. The second-order valence-electron chi connectivity index (χ2n) is 5.56. The minimum atomic E-state index is -0.222. The standard InChI is InChI=1S/C19H15N3O4/c1-24-18-9-7-15(21-22-18)12-2-5-14(6-3-12)20-19(23)13-4-8-16-17(10-13)26-11-25-16/h2-10H,11H2,1H3,(H,20,23). The molecule has 7 heteroatoms. The molecule has 1 amide bonds. The second kappa shape index (κ2) is 6.72. The summed E-state index contributed by atoms with van der Waals surface area (Å²) in [5.74, 6) is 1.46. The largest absolute Gasteiger partial charge is 0.480 e. The van der Waals surface area contributed by atoms with Crippen LogP contribution in [0.5, 0.6) is 17.4 Å². The Balaban J connectivity index is 1.47. The van der Waals surface area contributed by atoms with Gasteiger partial charge in [-0.1, -0.05) is 12.1 Å². The number of hydrogen-bond donors (Lipinski definition) is 1. The summed E-state index contributed by atoms with van der Waals surface area (Å²) in [6, 6.07) is 16.0. The van der Waals surface area contributed by atoms with Crippen LogP contribution in [0.15, 0.2) is 54.6 Å². The van der Waals surface area contributed by atoms with Gasteiger partial charge >= 0.3 is 0 Å². The van der Waals surface area contributed by atoms with Crippen molar-refractivity contribution in [3.63, 3.8) is 0 Å². The maximum atomic E-state index is 12.4. The van der Waals surface area contributed by atoms with E-state index in [1.807, 2.05) is 30.3 Å². The third-order valence-electron chi connectivity index (χ3n) is 3.92. The van der Waals surface area contributed by atoms with Gasteiger partial charge in [-0.15, -0.1) is 10.2 Å². The first kappa shape index (κ1) is 15.9. The van der Waals surface area contributed by atoms with Crippen molar-refractivity contribution in [1.82, 2.24) is 10.2 Å². The molecule has 2 heterocycles. The van der Waals surface area contributed by atoms with Gasteiger partial charge in [-0.2, -0.15) is 0 Å². The van der Waals surface area contributed by atoms with Crippen LogP contribution in [-0.4, -0.2) is 30.0 Å². The van der Waals surface area contributed by atoms with Crippen molar-refractivity contribution in [1.29, 1.82) is 0 Å². The summed E-state index contributed by atoms with van der Waals surface area (Å²) in [7, 11) is 1.54. The molecule has 0 unspecified atom stereocenters. The monoisotopic (exact) mass is 349 g/mol. The molecule has 0 spiro atoms. The smallest absolute Gasteiger partial charge is 0.255 e. The van der Waals surface area contributed by atoms with Crippen LogP contribution in [0, 0.1) is 0 Å². The predicted molar refractivity (Wildman–Crippen MR) is 94.5 cm³/mol. The number of methoxy groups -OCH3 is 1. The summed E-state index contributed by atoms with van der Waals surface area (Å²) < 4.78 is 15.5. The molecule has 1 N–H and O–H groups in total. The molecule has 130 valence electrons. The van der Waals surface area contributed by atoms with Crippen molar-refractivity contribution in [3.05, 3.63) is 60.2 Å². The van der Waals surface area contributed by atoms with E-state index in [4.69, 9.17) is 14.2 Å². The molecule has 1 aromatic heterocycles. The molecule has 0 aliphatic carbocycles. The van der Waals surface area contributed by atoms with Crippen LogP contribution in [0.2, 0.25) is 0 Å². The number of ether oxygens (including phenoxy) is 3. The predicted octanol–water partition coefficient (Wildman–Crippen LogP) is 3.13. The minimum absolute atomic E-state index is 0.177. The maximum Gasteiger partial charge on any atom is 0.255 e. The van der Waals surface area contributed by atoms with Crippen LogP contribution in [0.4, 0.5) is 5.69 Å². The molecule has 0 saturated heterocycles. The number of carbonyl (C=O) groups is 1. The summed E-state index contributed by atoms with van der Waals surface area (Å²) in [5, 5.41) is 10.9. The number of anilines is 1. The SMILES string of the molecule is COc1ccc(-c2ccc(NC(=O)c3ccc4c(c3)OCO4)cc2)nn1. The van der Waals surface area contributed by atoms with Gasteiger partial charge in [0.2, 0.25) is 12.7 Å². The highest BCUT2D eigenvalue weighted by atomic mass is 16.7. The molecule has 1 aliphatic rings. The molecule has 0 radical (unpaired) electrons. The van der Waals surface area contributed by atoms with Gasteiger partial charge in [0, 0.05) is 22.9 Å². The van der Waals surface area contributed by atoms with Gasteiger partial charge in [0.25, 0.3) is 5.91 Å². The number of rotatable bonds is 4. The van der Waals surface area contributed by atoms with E-state index < -0.39 is 0 Å². The Kier molecular flexibility index (Phi) is 4.10. The quantitative estimate of drug-likeness (QED) is 0.779. The van der Waals surface area contributed by atoms with Crippen molar-refractivity contribution in [2.24, 2.45) is 0 Å². The normalized spacial score (nSPS) is 11.9. The zero-order valence-electron chi connectivity index (χ0n) is 13.9. The summed E-state index contributed by atoms with van der Waals surface area (Å²) in [6.45, 7) is 0.177. The van der Waals surface area contributed by atoms with Crippen molar-refractivity contribution >= 4 is 11.6 Å². The van der Waals surface area contributed by atoms with Gasteiger partial charge in [0.1, 0.15) is 0 Å². The summed E-state index contributed by atoms with van der Waals surface area (Å²) in [6.07, 6.45) is 0. The molecule has 0 bridgehead atoms. The van der Waals surface area contributed by atoms with Crippen LogP contribution >= 0.6 is 0 Å². The number of benzene rings is 2. The molecule has 4 rings (SSSR count). The number of nitrogens with zero attached hydrogens (tertiary/aromatic N) is 2. The topological polar surface area (TPSA) is 82.6 Å². The van der Waals surface area contributed by atoms with Crippen LogP contribution in [0.3, 0.4) is 0 Å². The van der Waals surface area contributed by atoms with Crippen LogP contribution in [0.1, 0.15) is 10.4 Å². The zero-order valence-corrected chi connectivity index (χ0v) is 13.9. The van der Waals surface area contributed by atoms with E-state index in [0.717, 1.165) is 11.3 Å². The molecule has 2 aromatic carbocycles. The Labute approximate surface area is 149 Å². The average Bonchev–Trinajstić information content (AvgIpc) is 3.16. The molecule has 0 fully saturated rings. The van der Waals surface area contributed by atoms with E-state index >= 15 is 0 Å². The van der Waals surface area contributed by atoms with E-state index in [1.54, 1.807) is 31.4 Å². The number of aromatic nitrogens is 2. The molecule has 0 saturated carbocycles. The number of fused-ring (bicyclic) bond motifs is 1. The van der Waals surface area contributed by atoms with E-state index in [-0.39, 0.29) is 12.7 Å². The van der Waals surface area contributed by atoms with Gasteiger partial charge in [-0.3, -0.25) is 4.79 Å².